The number of pyridine rings is 1. The summed E-state index contributed by atoms with van der Waals surface area (Å²) in [5.74, 6) is -0.0254. The molecular weight excluding hydrogens is 513 g/mol. The Morgan fingerprint density at radius 3 is 2.57 bits per heavy atom. The molecule has 11 heteroatoms. The van der Waals surface area contributed by atoms with Gasteiger partial charge in [-0.1, -0.05) is 18.2 Å². The van der Waals surface area contributed by atoms with Gasteiger partial charge in [-0.2, -0.15) is 0 Å². The molecule has 0 bridgehead atoms. The number of methoxy groups -OCH3 is 1. The Bertz CT molecular complexity index is 1560. The maximum atomic E-state index is 14.9. The van der Waals surface area contributed by atoms with Crippen LogP contribution >= 0.6 is 12.2 Å². The molecule has 2 atom stereocenters. The molecule has 0 radical (unpaired) electrons. The average molecular weight is 538 g/mol. The predicted octanol–water partition coefficient (Wildman–Crippen LogP) is 4.57. The van der Waals surface area contributed by atoms with Gasteiger partial charge in [-0.15, -0.1) is 0 Å². The van der Waals surface area contributed by atoms with Crippen molar-refractivity contribution in [3.05, 3.63) is 102 Å². The summed E-state index contributed by atoms with van der Waals surface area (Å²) < 4.78 is 48.2. The zero-order valence-corrected chi connectivity index (χ0v) is 21.6. The molecule has 0 unspecified atom stereocenters. The van der Waals surface area contributed by atoms with E-state index < -0.39 is 16.1 Å². The minimum Gasteiger partial charge on any atom is -0.494 e. The lowest BCUT2D eigenvalue weighted by Gasteiger charge is -2.29. The van der Waals surface area contributed by atoms with Crippen LogP contribution in [0.4, 0.5) is 15.8 Å². The number of para-hydroxylation sites is 1. The minimum atomic E-state index is -3.51. The fraction of sp³-hybridized carbons (Fsp3) is 0.154. The lowest BCUT2D eigenvalue weighted by atomic mass is 10.0. The molecule has 2 N–H and O–H groups in total. The van der Waals surface area contributed by atoms with Gasteiger partial charge in [-0.05, 0) is 60.7 Å². The number of aromatic nitrogens is 2. The highest BCUT2D eigenvalue weighted by Crippen LogP contribution is 2.44. The van der Waals surface area contributed by atoms with Gasteiger partial charge >= 0.3 is 0 Å². The van der Waals surface area contributed by atoms with E-state index in [0.717, 1.165) is 17.6 Å². The van der Waals surface area contributed by atoms with E-state index in [0.29, 0.717) is 27.9 Å². The highest BCUT2D eigenvalue weighted by Gasteiger charge is 2.42. The van der Waals surface area contributed by atoms with Crippen molar-refractivity contribution in [2.45, 2.75) is 12.1 Å². The minimum absolute atomic E-state index is 0.305. The third kappa shape index (κ3) is 4.87. The lowest BCUT2D eigenvalue weighted by Crippen LogP contribution is -2.30. The molecule has 37 heavy (non-hydrogen) atoms. The second kappa shape index (κ2) is 9.83. The van der Waals surface area contributed by atoms with Crippen molar-refractivity contribution >= 4 is 38.7 Å². The smallest absolute Gasteiger partial charge is 0.229 e. The number of sulfonamides is 1. The predicted molar refractivity (Wildman–Crippen MR) is 145 cm³/mol. The first kappa shape index (κ1) is 24.7. The van der Waals surface area contributed by atoms with E-state index in [1.165, 1.54) is 13.2 Å². The molecule has 8 nitrogen and oxygen atoms in total. The highest BCUT2D eigenvalue weighted by atomic mass is 32.2. The molecule has 0 amide bonds. The summed E-state index contributed by atoms with van der Waals surface area (Å²) in [5, 5.41) is 3.81. The van der Waals surface area contributed by atoms with Crippen LogP contribution in [0.2, 0.25) is 0 Å². The van der Waals surface area contributed by atoms with E-state index >= 15 is 0 Å². The molecule has 0 saturated carbocycles. The Labute approximate surface area is 219 Å². The summed E-state index contributed by atoms with van der Waals surface area (Å²) in [7, 11) is -2.05. The van der Waals surface area contributed by atoms with Crippen LogP contribution in [0.25, 0.3) is 5.69 Å². The molecule has 2 aromatic carbocycles. The first-order chi connectivity index (χ1) is 17.8. The number of rotatable bonds is 7. The summed E-state index contributed by atoms with van der Waals surface area (Å²) >= 11 is 5.79. The molecular formula is C26H24FN5O3S2. The Kier molecular flexibility index (Phi) is 6.57. The van der Waals surface area contributed by atoms with Gasteiger partial charge in [0.25, 0.3) is 0 Å². The average Bonchev–Trinajstić information content (AvgIpc) is 3.48. The number of hydrogen-bond donors (Lipinski definition) is 2. The van der Waals surface area contributed by atoms with Gasteiger partial charge in [-0.3, -0.25) is 9.71 Å². The summed E-state index contributed by atoms with van der Waals surface area (Å²) in [5.41, 5.74) is 2.93. The normalized spacial score (nSPS) is 17.5. The topological polar surface area (TPSA) is 88.5 Å². The van der Waals surface area contributed by atoms with Crippen LogP contribution in [0.15, 0.2) is 85.2 Å². The highest BCUT2D eigenvalue weighted by molar-refractivity contribution is 7.92. The van der Waals surface area contributed by atoms with E-state index in [2.05, 4.69) is 15.0 Å². The molecule has 1 saturated heterocycles. The number of nitrogens with one attached hydrogen (secondary N) is 2. The van der Waals surface area contributed by atoms with Crippen LogP contribution in [0.5, 0.6) is 5.75 Å². The molecule has 1 aliphatic rings. The van der Waals surface area contributed by atoms with Crippen LogP contribution in [-0.2, 0) is 10.0 Å². The summed E-state index contributed by atoms with van der Waals surface area (Å²) in [6.07, 6.45) is 4.59. The van der Waals surface area contributed by atoms with Gasteiger partial charge in [0.1, 0.15) is 17.6 Å². The van der Waals surface area contributed by atoms with Crippen molar-refractivity contribution in [2.24, 2.45) is 0 Å². The third-order valence-electron chi connectivity index (χ3n) is 6.05. The first-order valence-electron chi connectivity index (χ1n) is 11.4. The van der Waals surface area contributed by atoms with Crippen LogP contribution in [-0.4, -0.2) is 36.4 Å². The van der Waals surface area contributed by atoms with Gasteiger partial charge in [0, 0.05) is 29.8 Å². The van der Waals surface area contributed by atoms with Gasteiger partial charge < -0.3 is 19.5 Å². The second-order valence-electron chi connectivity index (χ2n) is 8.51. The van der Waals surface area contributed by atoms with E-state index in [1.807, 2.05) is 41.4 Å². The van der Waals surface area contributed by atoms with Gasteiger partial charge in [0.2, 0.25) is 10.0 Å². The summed E-state index contributed by atoms with van der Waals surface area (Å²) in [4.78, 5) is 6.47. The van der Waals surface area contributed by atoms with Crippen LogP contribution in [0.1, 0.15) is 23.5 Å². The van der Waals surface area contributed by atoms with Gasteiger partial charge in [0.05, 0.1) is 36.5 Å². The zero-order valence-electron chi connectivity index (χ0n) is 20.0. The molecule has 3 heterocycles. The van der Waals surface area contributed by atoms with E-state index in [-0.39, 0.29) is 11.9 Å². The van der Waals surface area contributed by atoms with Crippen molar-refractivity contribution in [3.8, 4) is 11.4 Å². The number of ether oxygens (including phenoxy) is 1. The van der Waals surface area contributed by atoms with E-state index in [4.69, 9.17) is 17.0 Å². The molecule has 2 aromatic heterocycles. The standard InChI is InChI=1S/C26H24FN5O3S2/c1-35-23-16-17(12-13-19(23)30-37(2,33)34)32-25(24(29-26(32)36)20-9-5-6-14-28-20)22-11-7-15-31(22)21-10-4-3-8-18(21)27/h3-16,24-25,30H,1-2H3,(H,29,36)/t24-,25-/m1/s1. The first-order valence-corrected chi connectivity index (χ1v) is 13.7. The molecule has 4 aromatic rings. The number of nitrogens with zero attached hydrogens (tertiary/aromatic N) is 3. The fourth-order valence-corrected chi connectivity index (χ4v) is 5.46. The third-order valence-corrected chi connectivity index (χ3v) is 6.96. The van der Waals surface area contributed by atoms with Crippen molar-refractivity contribution in [1.82, 2.24) is 14.9 Å². The van der Waals surface area contributed by atoms with Gasteiger partial charge in [-0.25, -0.2) is 12.8 Å². The molecule has 190 valence electrons. The SMILES string of the molecule is COc1cc(N2C(=S)N[C@H](c3ccccn3)[C@H]2c2cccn2-c2ccccc2F)ccc1NS(C)(=O)=O. The van der Waals surface area contributed by atoms with E-state index in [1.54, 1.807) is 47.2 Å². The van der Waals surface area contributed by atoms with Crippen LogP contribution in [0, 0.1) is 5.82 Å². The molecule has 0 aliphatic carbocycles. The molecule has 1 aliphatic heterocycles. The van der Waals surface area contributed by atoms with Crippen molar-refractivity contribution in [3.63, 3.8) is 0 Å². The Morgan fingerprint density at radius 2 is 1.86 bits per heavy atom. The molecule has 1 fully saturated rings. The van der Waals surface area contributed by atoms with Gasteiger partial charge in [0.15, 0.2) is 5.11 Å². The van der Waals surface area contributed by atoms with Crippen LogP contribution < -0.4 is 19.7 Å². The summed E-state index contributed by atoms with van der Waals surface area (Å²) in [6.45, 7) is 0. The lowest BCUT2D eigenvalue weighted by molar-refractivity contribution is 0.417. The fourth-order valence-electron chi connectivity index (χ4n) is 4.55. The Balaban J connectivity index is 1.66. The van der Waals surface area contributed by atoms with Crippen molar-refractivity contribution in [1.29, 1.82) is 0 Å². The number of halogens is 1. The van der Waals surface area contributed by atoms with Crippen molar-refractivity contribution < 1.29 is 17.5 Å². The monoisotopic (exact) mass is 537 g/mol. The number of thiocarbonyl (C=S) groups is 1. The Hall–Kier alpha value is -3.96. The number of anilines is 2. The van der Waals surface area contributed by atoms with Crippen molar-refractivity contribution in [2.75, 3.05) is 23.0 Å². The zero-order chi connectivity index (χ0) is 26.2. The van der Waals surface area contributed by atoms with Crippen LogP contribution in [0.3, 0.4) is 0 Å². The quantitative estimate of drug-likeness (QED) is 0.334. The summed E-state index contributed by atoms with van der Waals surface area (Å²) in [6, 6.07) is 20.3. The number of hydrogen-bond acceptors (Lipinski definition) is 5. The Morgan fingerprint density at radius 1 is 1.08 bits per heavy atom. The maximum absolute atomic E-state index is 14.9. The van der Waals surface area contributed by atoms with E-state index in [9.17, 15) is 12.8 Å². The molecule has 0 spiro atoms. The number of benzene rings is 2. The largest absolute Gasteiger partial charge is 0.494 e. The molecule has 5 rings (SSSR count). The maximum Gasteiger partial charge on any atom is 0.229 e. The second-order valence-corrected chi connectivity index (χ2v) is 10.6.